The number of methoxy groups -OCH3 is 2. The summed E-state index contributed by atoms with van der Waals surface area (Å²) in [5.41, 5.74) is 0.693. The standard InChI is InChI=1S/C17H16N4O5/c1-24-11-3-5-14(25-2)12(9-11)13-4-6-17(23)21(19-13)10-16(22)18-15-7-8-26-20-15/h3-9H,10H2,1-2H3,(H,18,20,22). The fourth-order valence-corrected chi connectivity index (χ4v) is 2.32. The topological polar surface area (TPSA) is 108 Å². The molecule has 3 rings (SSSR count). The van der Waals surface area contributed by atoms with E-state index in [1.54, 1.807) is 31.4 Å². The normalized spacial score (nSPS) is 10.4. The lowest BCUT2D eigenvalue weighted by atomic mass is 10.1. The Labute approximate surface area is 148 Å². The van der Waals surface area contributed by atoms with Crippen LogP contribution in [0.25, 0.3) is 11.3 Å². The van der Waals surface area contributed by atoms with Crippen LogP contribution in [0.5, 0.6) is 11.5 Å². The molecule has 0 saturated heterocycles. The second kappa shape index (κ2) is 7.51. The van der Waals surface area contributed by atoms with Crippen molar-refractivity contribution in [3.63, 3.8) is 0 Å². The average Bonchev–Trinajstić information content (AvgIpc) is 3.15. The number of hydrogen-bond acceptors (Lipinski definition) is 7. The third-order valence-corrected chi connectivity index (χ3v) is 3.55. The van der Waals surface area contributed by atoms with Gasteiger partial charge in [-0.15, -0.1) is 0 Å². The molecule has 134 valence electrons. The highest BCUT2D eigenvalue weighted by molar-refractivity contribution is 5.89. The largest absolute Gasteiger partial charge is 0.497 e. The molecule has 0 radical (unpaired) electrons. The number of nitrogens with zero attached hydrogens (tertiary/aromatic N) is 3. The molecule has 0 fully saturated rings. The number of amides is 1. The number of benzene rings is 1. The predicted molar refractivity (Wildman–Crippen MR) is 92.2 cm³/mol. The zero-order chi connectivity index (χ0) is 18.5. The molecule has 0 bridgehead atoms. The van der Waals surface area contributed by atoms with Crippen molar-refractivity contribution in [3.8, 4) is 22.8 Å². The zero-order valence-corrected chi connectivity index (χ0v) is 14.1. The molecule has 0 atom stereocenters. The van der Waals surface area contributed by atoms with Crippen LogP contribution in [0.3, 0.4) is 0 Å². The smallest absolute Gasteiger partial charge is 0.267 e. The summed E-state index contributed by atoms with van der Waals surface area (Å²) in [7, 11) is 3.08. The average molecular weight is 356 g/mol. The minimum absolute atomic E-state index is 0.258. The minimum atomic E-state index is -0.455. The van der Waals surface area contributed by atoms with Crippen molar-refractivity contribution < 1.29 is 18.8 Å². The molecule has 0 saturated carbocycles. The van der Waals surface area contributed by atoms with E-state index in [0.717, 1.165) is 4.68 Å². The lowest BCUT2D eigenvalue weighted by Gasteiger charge is -2.11. The second-order valence-electron chi connectivity index (χ2n) is 5.21. The Kier molecular flexibility index (Phi) is 4.97. The van der Waals surface area contributed by atoms with Gasteiger partial charge in [-0.25, -0.2) is 4.68 Å². The summed E-state index contributed by atoms with van der Waals surface area (Å²) in [6.45, 7) is -0.272. The molecule has 0 unspecified atom stereocenters. The van der Waals surface area contributed by atoms with Gasteiger partial charge < -0.3 is 19.3 Å². The molecule has 2 heterocycles. The first-order chi connectivity index (χ1) is 12.6. The van der Waals surface area contributed by atoms with Gasteiger partial charge in [0.2, 0.25) is 5.91 Å². The number of anilines is 1. The minimum Gasteiger partial charge on any atom is -0.497 e. The Balaban J connectivity index is 1.90. The number of carbonyl (C=O) groups excluding carboxylic acids is 1. The van der Waals surface area contributed by atoms with Gasteiger partial charge in [0.15, 0.2) is 5.82 Å². The van der Waals surface area contributed by atoms with Crippen LogP contribution >= 0.6 is 0 Å². The van der Waals surface area contributed by atoms with E-state index < -0.39 is 11.5 Å². The number of carbonyl (C=O) groups is 1. The summed E-state index contributed by atoms with van der Waals surface area (Å²) in [6, 6.07) is 9.62. The van der Waals surface area contributed by atoms with Crippen molar-refractivity contribution in [1.82, 2.24) is 14.9 Å². The second-order valence-corrected chi connectivity index (χ2v) is 5.21. The van der Waals surface area contributed by atoms with Gasteiger partial charge in [-0.1, -0.05) is 5.16 Å². The van der Waals surface area contributed by atoms with Crippen LogP contribution in [0.4, 0.5) is 5.82 Å². The highest BCUT2D eigenvalue weighted by Gasteiger charge is 2.13. The van der Waals surface area contributed by atoms with E-state index in [1.807, 2.05) is 0 Å². The van der Waals surface area contributed by atoms with E-state index in [9.17, 15) is 9.59 Å². The van der Waals surface area contributed by atoms with Gasteiger partial charge in [0.1, 0.15) is 24.3 Å². The van der Waals surface area contributed by atoms with Gasteiger partial charge in [-0.05, 0) is 24.3 Å². The summed E-state index contributed by atoms with van der Waals surface area (Å²) in [5.74, 6) is 0.983. The molecule has 9 heteroatoms. The molecular formula is C17H16N4O5. The summed E-state index contributed by atoms with van der Waals surface area (Å²) in [4.78, 5) is 24.1. The fraction of sp³-hybridized carbons (Fsp3) is 0.176. The lowest BCUT2D eigenvalue weighted by molar-refractivity contribution is -0.117. The van der Waals surface area contributed by atoms with E-state index in [4.69, 9.17) is 9.47 Å². The molecule has 0 aliphatic carbocycles. The Bertz CT molecular complexity index is 966. The first-order valence-corrected chi connectivity index (χ1v) is 7.61. The fourth-order valence-electron chi connectivity index (χ4n) is 2.32. The molecule has 0 aliphatic heterocycles. The van der Waals surface area contributed by atoms with Crippen LogP contribution in [-0.2, 0) is 11.3 Å². The van der Waals surface area contributed by atoms with Gasteiger partial charge in [-0.2, -0.15) is 5.10 Å². The molecule has 2 aromatic heterocycles. The molecule has 0 spiro atoms. The highest BCUT2D eigenvalue weighted by atomic mass is 16.5. The maximum Gasteiger partial charge on any atom is 0.267 e. The quantitative estimate of drug-likeness (QED) is 0.714. The van der Waals surface area contributed by atoms with Crippen LogP contribution < -0.4 is 20.3 Å². The maximum atomic E-state index is 12.1. The van der Waals surface area contributed by atoms with Crippen molar-refractivity contribution in [1.29, 1.82) is 0 Å². The number of nitrogens with one attached hydrogen (secondary N) is 1. The molecular weight excluding hydrogens is 340 g/mol. The SMILES string of the molecule is COc1ccc(OC)c(-c2ccc(=O)n(CC(=O)Nc3ccon3)n2)c1. The van der Waals surface area contributed by atoms with Gasteiger partial charge in [0, 0.05) is 17.7 Å². The molecule has 1 amide bonds. The van der Waals surface area contributed by atoms with E-state index in [0.29, 0.717) is 22.8 Å². The summed E-state index contributed by atoms with van der Waals surface area (Å²) in [6.07, 6.45) is 1.33. The number of aromatic nitrogens is 3. The first-order valence-electron chi connectivity index (χ1n) is 7.61. The lowest BCUT2D eigenvalue weighted by Crippen LogP contribution is -2.29. The molecule has 0 aliphatic rings. The molecule has 26 heavy (non-hydrogen) atoms. The molecule has 1 N–H and O–H groups in total. The first kappa shape index (κ1) is 17.2. The van der Waals surface area contributed by atoms with E-state index in [2.05, 4.69) is 20.1 Å². The van der Waals surface area contributed by atoms with Crippen molar-refractivity contribution in [2.45, 2.75) is 6.54 Å². The molecule has 1 aromatic carbocycles. The third kappa shape index (κ3) is 3.72. The summed E-state index contributed by atoms with van der Waals surface area (Å²) in [5, 5.41) is 10.4. The van der Waals surface area contributed by atoms with Crippen molar-refractivity contribution in [2.24, 2.45) is 0 Å². The van der Waals surface area contributed by atoms with Crippen LogP contribution in [-0.4, -0.2) is 35.1 Å². The Morgan fingerprint density at radius 3 is 2.73 bits per heavy atom. The van der Waals surface area contributed by atoms with Crippen LogP contribution in [0, 0.1) is 0 Å². The van der Waals surface area contributed by atoms with Crippen LogP contribution in [0.1, 0.15) is 0 Å². The van der Waals surface area contributed by atoms with Crippen LogP contribution in [0.15, 0.2) is 52.0 Å². The monoisotopic (exact) mass is 356 g/mol. The number of ether oxygens (including phenoxy) is 2. The van der Waals surface area contributed by atoms with Gasteiger partial charge in [0.05, 0.1) is 19.9 Å². The van der Waals surface area contributed by atoms with Gasteiger partial charge in [-0.3, -0.25) is 9.59 Å². The van der Waals surface area contributed by atoms with Gasteiger partial charge in [0.25, 0.3) is 5.56 Å². The van der Waals surface area contributed by atoms with E-state index in [-0.39, 0.29) is 12.4 Å². The highest BCUT2D eigenvalue weighted by Crippen LogP contribution is 2.31. The Morgan fingerprint density at radius 1 is 1.19 bits per heavy atom. The maximum absolute atomic E-state index is 12.1. The van der Waals surface area contributed by atoms with E-state index in [1.165, 1.54) is 25.5 Å². The third-order valence-electron chi connectivity index (χ3n) is 3.55. The summed E-state index contributed by atoms with van der Waals surface area (Å²) >= 11 is 0. The van der Waals surface area contributed by atoms with Crippen molar-refractivity contribution in [2.75, 3.05) is 19.5 Å². The molecule has 3 aromatic rings. The number of rotatable bonds is 6. The Hall–Kier alpha value is -3.62. The number of hydrogen-bond donors (Lipinski definition) is 1. The van der Waals surface area contributed by atoms with Gasteiger partial charge >= 0.3 is 0 Å². The summed E-state index contributed by atoms with van der Waals surface area (Å²) < 4.78 is 16.3. The predicted octanol–water partition coefficient (Wildman–Crippen LogP) is 1.55. The Morgan fingerprint density at radius 2 is 2.04 bits per heavy atom. The van der Waals surface area contributed by atoms with Crippen molar-refractivity contribution >= 4 is 11.7 Å². The van der Waals surface area contributed by atoms with E-state index >= 15 is 0 Å². The van der Waals surface area contributed by atoms with Crippen LogP contribution in [0.2, 0.25) is 0 Å². The van der Waals surface area contributed by atoms with Crippen molar-refractivity contribution in [3.05, 3.63) is 53.0 Å². The zero-order valence-electron chi connectivity index (χ0n) is 14.1. The molecule has 9 nitrogen and oxygen atoms in total.